The SMILES string of the molecule is CN(CCCl)Cc1ccc(F)cc1Cl. The maximum Gasteiger partial charge on any atom is 0.124 e. The van der Waals surface area contributed by atoms with Gasteiger partial charge in [0.25, 0.3) is 0 Å². The van der Waals surface area contributed by atoms with Crippen molar-refractivity contribution in [3.8, 4) is 0 Å². The lowest BCUT2D eigenvalue weighted by atomic mass is 10.2. The van der Waals surface area contributed by atoms with Crippen molar-refractivity contribution in [1.82, 2.24) is 4.90 Å². The van der Waals surface area contributed by atoms with Crippen molar-refractivity contribution >= 4 is 23.2 Å². The number of halogens is 3. The fourth-order valence-corrected chi connectivity index (χ4v) is 1.68. The van der Waals surface area contributed by atoms with Crippen molar-refractivity contribution in [2.45, 2.75) is 6.54 Å². The molecule has 0 amide bonds. The Kier molecular flexibility index (Phi) is 4.66. The standard InChI is InChI=1S/C10H12Cl2FN/c1-14(5-4-11)7-8-2-3-9(13)6-10(8)12/h2-3,6H,4-5,7H2,1H3. The van der Waals surface area contributed by atoms with Crippen LogP contribution >= 0.6 is 23.2 Å². The van der Waals surface area contributed by atoms with Crippen LogP contribution in [0.3, 0.4) is 0 Å². The lowest BCUT2D eigenvalue weighted by Crippen LogP contribution is -2.20. The summed E-state index contributed by atoms with van der Waals surface area (Å²) in [7, 11) is 1.95. The summed E-state index contributed by atoms with van der Waals surface area (Å²) in [5.41, 5.74) is 0.917. The first-order valence-corrected chi connectivity index (χ1v) is 5.23. The summed E-state index contributed by atoms with van der Waals surface area (Å²) in [6, 6.07) is 4.43. The Morgan fingerprint density at radius 2 is 2.14 bits per heavy atom. The average Bonchev–Trinajstić information content (AvgIpc) is 2.10. The molecule has 0 saturated carbocycles. The van der Waals surface area contributed by atoms with Gasteiger partial charge in [0.05, 0.1) is 0 Å². The van der Waals surface area contributed by atoms with Crippen molar-refractivity contribution in [3.05, 3.63) is 34.6 Å². The zero-order valence-electron chi connectivity index (χ0n) is 7.93. The van der Waals surface area contributed by atoms with Gasteiger partial charge in [-0.05, 0) is 24.7 Å². The van der Waals surface area contributed by atoms with Crippen LogP contribution in [0.4, 0.5) is 4.39 Å². The Bertz CT molecular complexity index is 304. The zero-order chi connectivity index (χ0) is 10.6. The second-order valence-electron chi connectivity index (χ2n) is 3.16. The Labute approximate surface area is 93.4 Å². The Balaban J connectivity index is 2.67. The van der Waals surface area contributed by atoms with Crippen LogP contribution in [0.5, 0.6) is 0 Å². The molecule has 0 fully saturated rings. The van der Waals surface area contributed by atoms with E-state index in [0.29, 0.717) is 17.4 Å². The van der Waals surface area contributed by atoms with Gasteiger partial charge in [-0.15, -0.1) is 11.6 Å². The summed E-state index contributed by atoms with van der Waals surface area (Å²) < 4.78 is 12.7. The van der Waals surface area contributed by atoms with E-state index in [1.807, 2.05) is 11.9 Å². The third-order valence-corrected chi connectivity index (χ3v) is 2.44. The highest BCUT2D eigenvalue weighted by atomic mass is 35.5. The van der Waals surface area contributed by atoms with Crippen molar-refractivity contribution in [2.75, 3.05) is 19.5 Å². The smallest absolute Gasteiger partial charge is 0.124 e. The van der Waals surface area contributed by atoms with Crippen LogP contribution < -0.4 is 0 Å². The molecule has 78 valence electrons. The Morgan fingerprint density at radius 3 is 2.71 bits per heavy atom. The summed E-state index contributed by atoms with van der Waals surface area (Å²) >= 11 is 11.5. The minimum atomic E-state index is -0.307. The van der Waals surface area contributed by atoms with Crippen LogP contribution in [0.2, 0.25) is 5.02 Å². The van der Waals surface area contributed by atoms with E-state index in [1.165, 1.54) is 12.1 Å². The van der Waals surface area contributed by atoms with Crippen LogP contribution in [0, 0.1) is 5.82 Å². The molecule has 0 saturated heterocycles. The van der Waals surface area contributed by atoms with Crippen molar-refractivity contribution in [1.29, 1.82) is 0 Å². The fraction of sp³-hybridized carbons (Fsp3) is 0.400. The topological polar surface area (TPSA) is 3.24 Å². The molecule has 1 nitrogen and oxygen atoms in total. The van der Waals surface area contributed by atoms with Crippen LogP contribution in [0.15, 0.2) is 18.2 Å². The summed E-state index contributed by atoms with van der Waals surface area (Å²) in [4.78, 5) is 2.03. The van der Waals surface area contributed by atoms with Gasteiger partial charge >= 0.3 is 0 Å². The number of hydrogen-bond donors (Lipinski definition) is 0. The number of hydrogen-bond acceptors (Lipinski definition) is 1. The summed E-state index contributed by atoms with van der Waals surface area (Å²) in [5, 5.41) is 0.464. The number of benzene rings is 1. The molecule has 0 atom stereocenters. The van der Waals surface area contributed by atoms with Crippen LogP contribution in [0.1, 0.15) is 5.56 Å². The molecule has 0 N–H and O–H groups in total. The van der Waals surface area contributed by atoms with Gasteiger partial charge < -0.3 is 4.90 Å². The largest absolute Gasteiger partial charge is 0.301 e. The lowest BCUT2D eigenvalue weighted by Gasteiger charge is -2.15. The normalized spacial score (nSPS) is 10.9. The molecule has 0 unspecified atom stereocenters. The van der Waals surface area contributed by atoms with E-state index in [2.05, 4.69) is 0 Å². The number of alkyl halides is 1. The van der Waals surface area contributed by atoms with E-state index >= 15 is 0 Å². The van der Waals surface area contributed by atoms with Crippen molar-refractivity contribution < 1.29 is 4.39 Å². The summed E-state index contributed by atoms with van der Waals surface area (Å²) in [5.74, 6) is 0.272. The van der Waals surface area contributed by atoms with Gasteiger partial charge in [0.2, 0.25) is 0 Å². The van der Waals surface area contributed by atoms with Crippen molar-refractivity contribution in [3.63, 3.8) is 0 Å². The van der Waals surface area contributed by atoms with Crippen LogP contribution in [0.25, 0.3) is 0 Å². The van der Waals surface area contributed by atoms with Crippen molar-refractivity contribution in [2.24, 2.45) is 0 Å². The molecule has 14 heavy (non-hydrogen) atoms. The molecule has 1 rings (SSSR count). The van der Waals surface area contributed by atoms with Crippen LogP contribution in [-0.2, 0) is 6.54 Å². The van der Waals surface area contributed by atoms with E-state index in [4.69, 9.17) is 23.2 Å². The number of rotatable bonds is 4. The second kappa shape index (κ2) is 5.54. The number of nitrogens with zero attached hydrogens (tertiary/aromatic N) is 1. The maximum absolute atomic E-state index is 12.7. The summed E-state index contributed by atoms with van der Waals surface area (Å²) in [6.45, 7) is 1.47. The highest BCUT2D eigenvalue weighted by Crippen LogP contribution is 2.18. The molecule has 1 aromatic carbocycles. The highest BCUT2D eigenvalue weighted by molar-refractivity contribution is 6.31. The molecule has 0 aliphatic rings. The van der Waals surface area contributed by atoms with E-state index in [9.17, 15) is 4.39 Å². The lowest BCUT2D eigenvalue weighted by molar-refractivity contribution is 0.347. The molecular weight excluding hydrogens is 224 g/mol. The highest BCUT2D eigenvalue weighted by Gasteiger charge is 2.04. The van der Waals surface area contributed by atoms with Crippen LogP contribution in [-0.4, -0.2) is 24.4 Å². The first-order valence-electron chi connectivity index (χ1n) is 4.32. The second-order valence-corrected chi connectivity index (χ2v) is 3.95. The monoisotopic (exact) mass is 235 g/mol. The fourth-order valence-electron chi connectivity index (χ4n) is 1.16. The first-order chi connectivity index (χ1) is 6.63. The predicted molar refractivity (Wildman–Crippen MR) is 58.5 cm³/mol. The molecule has 0 aliphatic heterocycles. The van der Waals surface area contributed by atoms with Gasteiger partial charge in [0.15, 0.2) is 0 Å². The van der Waals surface area contributed by atoms with Gasteiger partial charge in [0, 0.05) is 24.0 Å². The molecule has 0 bridgehead atoms. The van der Waals surface area contributed by atoms with E-state index < -0.39 is 0 Å². The molecular formula is C10H12Cl2FN. The minimum absolute atomic E-state index is 0.307. The maximum atomic E-state index is 12.7. The summed E-state index contributed by atoms with van der Waals surface area (Å²) in [6.07, 6.45) is 0. The van der Waals surface area contributed by atoms with E-state index in [1.54, 1.807) is 6.07 Å². The predicted octanol–water partition coefficient (Wildman–Crippen LogP) is 3.15. The molecule has 0 spiro atoms. The molecule has 0 radical (unpaired) electrons. The average molecular weight is 236 g/mol. The van der Waals surface area contributed by atoms with Gasteiger partial charge in [-0.2, -0.15) is 0 Å². The van der Waals surface area contributed by atoms with E-state index in [0.717, 1.165) is 12.1 Å². The van der Waals surface area contributed by atoms with Gasteiger partial charge in [-0.1, -0.05) is 17.7 Å². The van der Waals surface area contributed by atoms with Gasteiger partial charge in [0.1, 0.15) is 5.82 Å². The van der Waals surface area contributed by atoms with E-state index in [-0.39, 0.29) is 5.82 Å². The molecule has 0 aliphatic carbocycles. The third-order valence-electron chi connectivity index (χ3n) is 1.92. The van der Waals surface area contributed by atoms with Gasteiger partial charge in [-0.25, -0.2) is 4.39 Å². The Morgan fingerprint density at radius 1 is 1.43 bits per heavy atom. The molecule has 0 heterocycles. The Hall–Kier alpha value is -0.310. The first kappa shape index (κ1) is 11.8. The molecule has 1 aromatic rings. The zero-order valence-corrected chi connectivity index (χ0v) is 9.45. The quantitative estimate of drug-likeness (QED) is 0.726. The minimum Gasteiger partial charge on any atom is -0.301 e. The molecule has 0 aromatic heterocycles. The third kappa shape index (κ3) is 3.45. The van der Waals surface area contributed by atoms with Gasteiger partial charge in [-0.3, -0.25) is 0 Å². The molecule has 4 heteroatoms.